The van der Waals surface area contributed by atoms with Crippen molar-refractivity contribution >= 4 is 23.2 Å². The molecule has 1 aliphatic heterocycles. The summed E-state index contributed by atoms with van der Waals surface area (Å²) < 4.78 is 42.1. The normalized spacial score (nSPS) is 19.3. The van der Waals surface area contributed by atoms with Crippen LogP contribution < -0.4 is 5.32 Å². The van der Waals surface area contributed by atoms with E-state index < -0.39 is 35.8 Å². The fourth-order valence-corrected chi connectivity index (χ4v) is 4.13. The van der Waals surface area contributed by atoms with Crippen LogP contribution in [0.3, 0.4) is 0 Å². The largest absolute Gasteiger partial charge is 0.422 e. The average Bonchev–Trinajstić information content (AvgIpc) is 2.72. The van der Waals surface area contributed by atoms with Gasteiger partial charge in [-0.2, -0.15) is 13.2 Å². The SMILES string of the molecule is C[C@@H](c1ccc(-c2ccc(Cl)c(C(O)O)c2)cc1Cl)[C@](O)(C1=CNC(O)C=C1)C(F)(F)F. The molecule has 0 aromatic heterocycles. The molecule has 2 aromatic carbocycles. The number of benzene rings is 2. The van der Waals surface area contributed by atoms with E-state index in [1.165, 1.54) is 37.3 Å². The molecule has 32 heavy (non-hydrogen) atoms. The van der Waals surface area contributed by atoms with Gasteiger partial charge in [0.15, 0.2) is 11.9 Å². The van der Waals surface area contributed by atoms with Crippen LogP contribution in [0, 0.1) is 0 Å². The Morgan fingerprint density at radius 2 is 1.59 bits per heavy atom. The summed E-state index contributed by atoms with van der Waals surface area (Å²) in [4.78, 5) is 0. The lowest BCUT2D eigenvalue weighted by molar-refractivity contribution is -0.250. The second kappa shape index (κ2) is 9.05. The van der Waals surface area contributed by atoms with E-state index in [1.807, 2.05) is 0 Å². The van der Waals surface area contributed by atoms with E-state index in [2.05, 4.69) is 5.32 Å². The van der Waals surface area contributed by atoms with Crippen molar-refractivity contribution in [3.63, 3.8) is 0 Å². The van der Waals surface area contributed by atoms with Crippen molar-refractivity contribution in [2.45, 2.75) is 37.1 Å². The molecule has 0 saturated carbocycles. The molecule has 5 N–H and O–H groups in total. The quantitative estimate of drug-likeness (QED) is 0.401. The first-order valence-corrected chi connectivity index (χ1v) is 10.2. The second-order valence-electron chi connectivity index (χ2n) is 7.40. The molecule has 0 aliphatic carbocycles. The Hall–Kier alpha value is -2.07. The minimum Gasteiger partial charge on any atom is -0.376 e. The molecule has 5 nitrogen and oxygen atoms in total. The predicted octanol–water partition coefficient (Wildman–Crippen LogP) is 4.40. The zero-order valence-corrected chi connectivity index (χ0v) is 18.1. The Balaban J connectivity index is 2.02. The average molecular weight is 490 g/mol. The summed E-state index contributed by atoms with van der Waals surface area (Å²) in [5.41, 5.74) is -2.62. The van der Waals surface area contributed by atoms with E-state index in [0.717, 1.165) is 18.4 Å². The summed E-state index contributed by atoms with van der Waals surface area (Å²) in [5, 5.41) is 41.6. The van der Waals surface area contributed by atoms with Gasteiger partial charge >= 0.3 is 6.18 Å². The Morgan fingerprint density at radius 1 is 0.969 bits per heavy atom. The van der Waals surface area contributed by atoms with Crippen molar-refractivity contribution in [1.82, 2.24) is 5.32 Å². The topological polar surface area (TPSA) is 93.0 Å². The van der Waals surface area contributed by atoms with Crippen molar-refractivity contribution in [2.24, 2.45) is 0 Å². The fraction of sp³-hybridized carbons (Fsp3) is 0.273. The molecule has 3 rings (SSSR count). The molecule has 0 bridgehead atoms. The number of hydrogen-bond donors (Lipinski definition) is 5. The molecule has 0 fully saturated rings. The molecule has 1 heterocycles. The van der Waals surface area contributed by atoms with Gasteiger partial charge in [-0.05, 0) is 41.0 Å². The number of aliphatic hydroxyl groups is 4. The van der Waals surface area contributed by atoms with Crippen molar-refractivity contribution in [2.75, 3.05) is 0 Å². The summed E-state index contributed by atoms with van der Waals surface area (Å²) in [5.74, 6) is -1.50. The third-order valence-electron chi connectivity index (χ3n) is 5.44. The van der Waals surface area contributed by atoms with Gasteiger partial charge in [0.25, 0.3) is 0 Å². The van der Waals surface area contributed by atoms with Gasteiger partial charge in [0.05, 0.1) is 0 Å². The standard InChI is InChI=1S/C22H20Cl2F3NO4/c1-11(21(32,22(25,26)27)14-4-7-19(29)28-10-14)15-5-2-13(9-18(15)24)12-3-6-17(23)16(8-12)20(30)31/h2-11,19-20,28-32H,1H3/t11-,19?,21-/m0/s1. The maximum Gasteiger partial charge on any atom is 0.422 e. The van der Waals surface area contributed by atoms with Gasteiger partial charge in [0.2, 0.25) is 0 Å². The Morgan fingerprint density at radius 3 is 2.12 bits per heavy atom. The van der Waals surface area contributed by atoms with Crippen LogP contribution in [0.25, 0.3) is 11.1 Å². The smallest absolute Gasteiger partial charge is 0.376 e. The summed E-state index contributed by atoms with van der Waals surface area (Å²) in [6, 6.07) is 8.80. The summed E-state index contributed by atoms with van der Waals surface area (Å²) in [6.45, 7) is 1.20. The lowest BCUT2D eigenvalue weighted by Crippen LogP contribution is -2.51. The van der Waals surface area contributed by atoms with E-state index in [1.54, 1.807) is 6.07 Å². The molecule has 1 aliphatic rings. The zero-order chi connectivity index (χ0) is 23.8. The van der Waals surface area contributed by atoms with Crippen LogP contribution in [0.1, 0.15) is 30.3 Å². The molecule has 3 atom stereocenters. The first-order valence-electron chi connectivity index (χ1n) is 9.43. The van der Waals surface area contributed by atoms with Crippen molar-refractivity contribution in [1.29, 1.82) is 0 Å². The minimum absolute atomic E-state index is 0.0212. The molecule has 0 saturated heterocycles. The molecule has 0 amide bonds. The fourth-order valence-electron chi connectivity index (χ4n) is 3.57. The van der Waals surface area contributed by atoms with Gasteiger partial charge < -0.3 is 25.7 Å². The number of aliphatic hydroxyl groups excluding tert-OH is 2. The first-order chi connectivity index (χ1) is 14.9. The van der Waals surface area contributed by atoms with Gasteiger partial charge in [-0.1, -0.05) is 54.4 Å². The highest BCUT2D eigenvalue weighted by Crippen LogP contribution is 2.48. The summed E-state index contributed by atoms with van der Waals surface area (Å²) >= 11 is 12.3. The van der Waals surface area contributed by atoms with Crippen LogP contribution in [0.15, 0.2) is 60.3 Å². The summed E-state index contributed by atoms with van der Waals surface area (Å²) in [7, 11) is 0. The van der Waals surface area contributed by atoms with E-state index in [9.17, 15) is 33.6 Å². The minimum atomic E-state index is -5.04. The van der Waals surface area contributed by atoms with Gasteiger partial charge in [0, 0.05) is 33.3 Å². The Labute approximate surface area is 192 Å². The molecule has 0 radical (unpaired) electrons. The zero-order valence-electron chi connectivity index (χ0n) is 16.6. The molecule has 2 aromatic rings. The van der Waals surface area contributed by atoms with E-state index in [0.29, 0.717) is 11.1 Å². The Kier molecular flexibility index (Phi) is 6.95. The molecule has 0 spiro atoms. The Bertz CT molecular complexity index is 1070. The third kappa shape index (κ3) is 4.52. The highest BCUT2D eigenvalue weighted by Gasteiger charge is 2.59. The van der Waals surface area contributed by atoms with Crippen molar-refractivity contribution < 1.29 is 33.6 Å². The van der Waals surface area contributed by atoms with Gasteiger partial charge in [-0.15, -0.1) is 0 Å². The predicted molar refractivity (Wildman–Crippen MR) is 115 cm³/mol. The van der Waals surface area contributed by atoms with Gasteiger partial charge in [-0.25, -0.2) is 0 Å². The van der Waals surface area contributed by atoms with Crippen LogP contribution in [-0.2, 0) is 0 Å². The van der Waals surface area contributed by atoms with Crippen LogP contribution in [0.2, 0.25) is 10.0 Å². The van der Waals surface area contributed by atoms with E-state index in [4.69, 9.17) is 23.2 Å². The molecule has 10 heteroatoms. The maximum atomic E-state index is 14.0. The molecule has 172 valence electrons. The number of alkyl halides is 3. The van der Waals surface area contributed by atoms with Crippen LogP contribution >= 0.6 is 23.2 Å². The monoisotopic (exact) mass is 489 g/mol. The lowest BCUT2D eigenvalue weighted by Gasteiger charge is -2.38. The number of rotatable bonds is 5. The highest BCUT2D eigenvalue weighted by molar-refractivity contribution is 6.32. The van der Waals surface area contributed by atoms with Gasteiger partial charge in [0.1, 0.15) is 6.23 Å². The summed E-state index contributed by atoms with van der Waals surface area (Å²) in [6.07, 6.45) is -4.97. The van der Waals surface area contributed by atoms with Crippen LogP contribution in [0.4, 0.5) is 13.2 Å². The number of dihydropyridines is 1. The van der Waals surface area contributed by atoms with E-state index in [-0.39, 0.29) is 21.2 Å². The molecule has 1 unspecified atom stereocenters. The number of nitrogens with one attached hydrogen (secondary N) is 1. The van der Waals surface area contributed by atoms with E-state index >= 15 is 0 Å². The van der Waals surface area contributed by atoms with Crippen LogP contribution in [0.5, 0.6) is 0 Å². The maximum absolute atomic E-state index is 14.0. The number of hydrogen-bond acceptors (Lipinski definition) is 5. The van der Waals surface area contributed by atoms with Crippen molar-refractivity contribution in [3.8, 4) is 11.1 Å². The van der Waals surface area contributed by atoms with Gasteiger partial charge in [-0.3, -0.25) is 0 Å². The molecular weight excluding hydrogens is 470 g/mol. The lowest BCUT2D eigenvalue weighted by atomic mass is 9.76. The highest BCUT2D eigenvalue weighted by atomic mass is 35.5. The first kappa shape index (κ1) is 24.6. The number of halogens is 5. The second-order valence-corrected chi connectivity index (χ2v) is 8.22. The van der Waals surface area contributed by atoms with Crippen LogP contribution in [-0.4, -0.2) is 38.4 Å². The third-order valence-corrected chi connectivity index (χ3v) is 6.11. The molecular formula is C22H20Cl2F3NO4. The van der Waals surface area contributed by atoms with Crippen molar-refractivity contribution in [3.05, 3.63) is 81.5 Å².